The predicted octanol–water partition coefficient (Wildman–Crippen LogP) is 3.71. The molecular weight excluding hydrogens is 436 g/mol. The molecular formula is C26H30N2O6. The molecule has 1 aliphatic heterocycles. The van der Waals surface area contributed by atoms with Crippen molar-refractivity contribution < 1.29 is 23.4 Å². The third-order valence-corrected chi connectivity index (χ3v) is 5.85. The minimum atomic E-state index is -0.597. The summed E-state index contributed by atoms with van der Waals surface area (Å²) in [4.78, 5) is 30.9. The highest BCUT2D eigenvalue weighted by molar-refractivity contribution is 5.99. The van der Waals surface area contributed by atoms with Crippen LogP contribution in [0, 0.1) is 0 Å². The molecule has 8 heteroatoms. The number of benzene rings is 2. The maximum absolute atomic E-state index is 13.7. The number of likely N-dealkylation sites (N-methyl/N-ethyl adjacent to an activating group) is 1. The molecule has 0 bridgehead atoms. The summed E-state index contributed by atoms with van der Waals surface area (Å²) < 4.78 is 22.8. The van der Waals surface area contributed by atoms with Gasteiger partial charge in [0.1, 0.15) is 11.3 Å². The van der Waals surface area contributed by atoms with Crippen molar-refractivity contribution in [2.24, 2.45) is 0 Å². The van der Waals surface area contributed by atoms with Crippen LogP contribution >= 0.6 is 0 Å². The first-order chi connectivity index (χ1) is 16.4. The van der Waals surface area contributed by atoms with Crippen LogP contribution in [0.4, 0.5) is 0 Å². The first-order valence-corrected chi connectivity index (χ1v) is 11.4. The fraction of sp³-hybridized carbons (Fsp3) is 0.385. The van der Waals surface area contributed by atoms with Gasteiger partial charge in [0.2, 0.25) is 5.76 Å². The number of fused-ring (bicyclic) bond motifs is 2. The number of methoxy groups -OCH3 is 1. The Bertz CT molecular complexity index is 1270. The lowest BCUT2D eigenvalue weighted by Crippen LogP contribution is -2.35. The van der Waals surface area contributed by atoms with E-state index in [1.165, 1.54) is 0 Å². The summed E-state index contributed by atoms with van der Waals surface area (Å²) in [5, 5.41) is 0.405. The van der Waals surface area contributed by atoms with Crippen LogP contribution in [0.5, 0.6) is 17.2 Å². The third kappa shape index (κ3) is 4.21. The zero-order valence-electron chi connectivity index (χ0n) is 20.2. The minimum absolute atomic E-state index is 0.0707. The number of amides is 1. The highest BCUT2D eigenvalue weighted by Crippen LogP contribution is 2.41. The SMILES string of the molecule is CCOc1ccc(C2c3c(oc4cc(OC)ccc4c3=O)C(=O)N2CCN(C)C)cc1OCC. The molecule has 1 aromatic heterocycles. The molecule has 2 heterocycles. The Kier molecular flexibility index (Phi) is 6.79. The minimum Gasteiger partial charge on any atom is -0.497 e. The summed E-state index contributed by atoms with van der Waals surface area (Å²) in [6.07, 6.45) is 0. The molecule has 0 radical (unpaired) electrons. The van der Waals surface area contributed by atoms with Crippen LogP contribution in [0.25, 0.3) is 11.0 Å². The van der Waals surface area contributed by atoms with Crippen LogP contribution in [-0.2, 0) is 0 Å². The first kappa shape index (κ1) is 23.6. The molecule has 0 spiro atoms. The van der Waals surface area contributed by atoms with E-state index < -0.39 is 6.04 Å². The molecule has 8 nitrogen and oxygen atoms in total. The number of hydrogen-bond donors (Lipinski definition) is 0. The third-order valence-electron chi connectivity index (χ3n) is 5.85. The van der Waals surface area contributed by atoms with Gasteiger partial charge in [0, 0.05) is 19.2 Å². The number of carbonyl (C=O) groups excluding carboxylic acids is 1. The molecule has 0 saturated carbocycles. The summed E-state index contributed by atoms with van der Waals surface area (Å²) in [6, 6.07) is 9.97. The molecule has 1 amide bonds. The maximum Gasteiger partial charge on any atom is 0.290 e. The van der Waals surface area contributed by atoms with E-state index in [1.807, 2.05) is 51.0 Å². The molecule has 0 N–H and O–H groups in total. The highest BCUT2D eigenvalue weighted by atomic mass is 16.5. The molecule has 1 aliphatic rings. The fourth-order valence-corrected chi connectivity index (χ4v) is 4.25. The van der Waals surface area contributed by atoms with Gasteiger partial charge in [-0.25, -0.2) is 0 Å². The summed E-state index contributed by atoms with van der Waals surface area (Å²) >= 11 is 0. The Hall–Kier alpha value is -3.52. The van der Waals surface area contributed by atoms with E-state index in [0.717, 1.165) is 5.56 Å². The van der Waals surface area contributed by atoms with Crippen LogP contribution in [0.15, 0.2) is 45.6 Å². The van der Waals surface area contributed by atoms with Crippen LogP contribution in [0.1, 0.15) is 41.6 Å². The van der Waals surface area contributed by atoms with Gasteiger partial charge in [-0.1, -0.05) is 6.07 Å². The van der Waals surface area contributed by atoms with Crippen molar-refractivity contribution >= 4 is 16.9 Å². The van der Waals surface area contributed by atoms with Gasteiger partial charge in [-0.05, 0) is 57.8 Å². The van der Waals surface area contributed by atoms with Crippen LogP contribution in [0.3, 0.4) is 0 Å². The van der Waals surface area contributed by atoms with Crippen molar-refractivity contribution in [2.75, 3.05) is 47.5 Å². The van der Waals surface area contributed by atoms with Crippen LogP contribution < -0.4 is 19.6 Å². The molecule has 34 heavy (non-hydrogen) atoms. The molecule has 0 aliphatic carbocycles. The van der Waals surface area contributed by atoms with Crippen molar-refractivity contribution in [2.45, 2.75) is 19.9 Å². The Balaban J connectivity index is 1.91. The molecule has 0 saturated heterocycles. The second kappa shape index (κ2) is 9.77. The summed E-state index contributed by atoms with van der Waals surface area (Å²) in [5.74, 6) is 1.51. The van der Waals surface area contributed by atoms with Crippen molar-refractivity contribution in [1.82, 2.24) is 9.80 Å². The van der Waals surface area contributed by atoms with Gasteiger partial charge in [-0.15, -0.1) is 0 Å². The number of nitrogens with zero attached hydrogens (tertiary/aromatic N) is 2. The smallest absolute Gasteiger partial charge is 0.290 e. The number of hydrogen-bond acceptors (Lipinski definition) is 7. The van der Waals surface area contributed by atoms with E-state index in [4.69, 9.17) is 18.6 Å². The van der Waals surface area contributed by atoms with E-state index in [-0.39, 0.29) is 17.1 Å². The molecule has 1 atom stereocenters. The number of rotatable bonds is 9. The van der Waals surface area contributed by atoms with Gasteiger partial charge < -0.3 is 28.4 Å². The standard InChI is InChI=1S/C26H30N2O6/c1-6-32-19-11-8-16(14-21(19)33-7-2)23-22-24(29)18-10-9-17(31-5)15-20(18)34-25(22)26(30)28(23)13-12-27(3)4/h8-11,14-15,23H,6-7,12-13H2,1-5H3. The Labute approximate surface area is 198 Å². The van der Waals surface area contributed by atoms with E-state index in [9.17, 15) is 9.59 Å². The Morgan fingerprint density at radius 2 is 1.74 bits per heavy atom. The Morgan fingerprint density at radius 3 is 2.41 bits per heavy atom. The van der Waals surface area contributed by atoms with Crippen LogP contribution in [0.2, 0.25) is 0 Å². The van der Waals surface area contributed by atoms with Gasteiger partial charge >= 0.3 is 0 Å². The zero-order chi connectivity index (χ0) is 24.4. The van der Waals surface area contributed by atoms with Crippen LogP contribution in [-0.4, -0.2) is 63.2 Å². The molecule has 2 aromatic carbocycles. The quantitative estimate of drug-likeness (QED) is 0.476. The summed E-state index contributed by atoms with van der Waals surface area (Å²) in [6.45, 7) is 5.82. The lowest BCUT2D eigenvalue weighted by Gasteiger charge is -2.27. The van der Waals surface area contributed by atoms with Gasteiger partial charge in [0.15, 0.2) is 16.9 Å². The topological polar surface area (TPSA) is 81.5 Å². The average molecular weight is 467 g/mol. The lowest BCUT2D eigenvalue weighted by molar-refractivity contribution is 0.0716. The molecule has 180 valence electrons. The monoisotopic (exact) mass is 466 g/mol. The van der Waals surface area contributed by atoms with E-state index >= 15 is 0 Å². The normalized spacial score (nSPS) is 15.2. The molecule has 1 unspecified atom stereocenters. The average Bonchev–Trinajstić information content (AvgIpc) is 3.10. The molecule has 0 fully saturated rings. The van der Waals surface area contributed by atoms with Gasteiger partial charge in [0.05, 0.1) is 37.3 Å². The number of ether oxygens (including phenoxy) is 3. The molecule has 4 rings (SSSR count). The first-order valence-electron chi connectivity index (χ1n) is 11.4. The molecule has 3 aromatic rings. The Morgan fingerprint density at radius 1 is 1.00 bits per heavy atom. The fourth-order valence-electron chi connectivity index (χ4n) is 4.25. The summed E-state index contributed by atoms with van der Waals surface area (Å²) in [5.41, 5.74) is 1.20. The largest absolute Gasteiger partial charge is 0.497 e. The second-order valence-electron chi connectivity index (χ2n) is 8.31. The van der Waals surface area contributed by atoms with Gasteiger partial charge in [0.25, 0.3) is 5.91 Å². The predicted molar refractivity (Wildman–Crippen MR) is 129 cm³/mol. The lowest BCUT2D eigenvalue weighted by atomic mass is 9.98. The highest BCUT2D eigenvalue weighted by Gasteiger charge is 2.42. The van der Waals surface area contributed by atoms with E-state index in [2.05, 4.69) is 0 Å². The van der Waals surface area contributed by atoms with Crippen molar-refractivity contribution in [3.05, 3.63) is 63.5 Å². The number of carbonyl (C=O) groups is 1. The van der Waals surface area contributed by atoms with E-state index in [1.54, 1.807) is 30.2 Å². The second-order valence-corrected chi connectivity index (χ2v) is 8.31. The van der Waals surface area contributed by atoms with Gasteiger partial charge in [-0.3, -0.25) is 9.59 Å². The van der Waals surface area contributed by atoms with Crippen molar-refractivity contribution in [1.29, 1.82) is 0 Å². The summed E-state index contributed by atoms with van der Waals surface area (Å²) in [7, 11) is 5.42. The van der Waals surface area contributed by atoms with Crippen molar-refractivity contribution in [3.63, 3.8) is 0 Å². The maximum atomic E-state index is 13.7. The van der Waals surface area contributed by atoms with E-state index in [0.29, 0.717) is 60.1 Å². The zero-order valence-corrected chi connectivity index (χ0v) is 20.2. The van der Waals surface area contributed by atoms with Gasteiger partial charge in [-0.2, -0.15) is 0 Å². The van der Waals surface area contributed by atoms with Crippen molar-refractivity contribution in [3.8, 4) is 17.2 Å².